The van der Waals surface area contributed by atoms with Gasteiger partial charge in [0.1, 0.15) is 5.75 Å². The number of nitrogens with two attached hydrogens (primary N) is 1. The first kappa shape index (κ1) is 18.4. The SMILES string of the molecule is COc1ccc(CSCC(=O)Nc2ccccc2C(N)=O)cc1Br. The van der Waals surface area contributed by atoms with Crippen molar-refractivity contribution in [2.24, 2.45) is 5.73 Å². The van der Waals surface area contributed by atoms with Crippen molar-refractivity contribution >= 4 is 45.2 Å². The first-order chi connectivity index (χ1) is 11.5. The molecule has 0 aliphatic rings. The van der Waals surface area contributed by atoms with E-state index in [9.17, 15) is 9.59 Å². The van der Waals surface area contributed by atoms with Crippen LogP contribution in [0.15, 0.2) is 46.9 Å². The summed E-state index contributed by atoms with van der Waals surface area (Å²) < 4.78 is 6.06. The molecule has 24 heavy (non-hydrogen) atoms. The van der Waals surface area contributed by atoms with Gasteiger partial charge in [-0.05, 0) is 45.8 Å². The van der Waals surface area contributed by atoms with Crippen molar-refractivity contribution in [3.8, 4) is 5.75 Å². The lowest BCUT2D eigenvalue weighted by Crippen LogP contribution is -2.19. The molecule has 0 spiro atoms. The number of primary amides is 1. The van der Waals surface area contributed by atoms with Crippen LogP contribution in [0.25, 0.3) is 0 Å². The molecule has 5 nitrogen and oxygen atoms in total. The minimum absolute atomic E-state index is 0.179. The van der Waals surface area contributed by atoms with E-state index in [0.717, 1.165) is 15.8 Å². The number of carbonyl (C=O) groups excluding carboxylic acids is 2. The van der Waals surface area contributed by atoms with E-state index in [0.29, 0.717) is 17.0 Å². The van der Waals surface area contributed by atoms with E-state index in [1.54, 1.807) is 31.4 Å². The molecule has 2 rings (SSSR count). The average Bonchev–Trinajstić information content (AvgIpc) is 2.55. The van der Waals surface area contributed by atoms with Crippen molar-refractivity contribution in [1.29, 1.82) is 0 Å². The van der Waals surface area contributed by atoms with E-state index in [2.05, 4.69) is 21.2 Å². The van der Waals surface area contributed by atoms with Crippen LogP contribution in [0.5, 0.6) is 5.75 Å². The lowest BCUT2D eigenvalue weighted by Gasteiger charge is -2.09. The number of amides is 2. The molecule has 3 N–H and O–H groups in total. The fourth-order valence-corrected chi connectivity index (χ4v) is 3.42. The smallest absolute Gasteiger partial charge is 0.250 e. The molecule has 0 saturated heterocycles. The number of anilines is 1. The molecule has 2 amide bonds. The maximum Gasteiger partial charge on any atom is 0.250 e. The molecule has 0 saturated carbocycles. The summed E-state index contributed by atoms with van der Waals surface area (Å²) in [6, 6.07) is 12.5. The van der Waals surface area contributed by atoms with Crippen molar-refractivity contribution in [1.82, 2.24) is 0 Å². The van der Waals surface area contributed by atoms with Crippen LogP contribution in [0.3, 0.4) is 0 Å². The van der Waals surface area contributed by atoms with Gasteiger partial charge in [0.05, 0.1) is 28.6 Å². The summed E-state index contributed by atoms with van der Waals surface area (Å²) in [5.74, 6) is 0.983. The Hall–Kier alpha value is -1.99. The van der Waals surface area contributed by atoms with Crippen molar-refractivity contribution in [2.75, 3.05) is 18.2 Å². The molecule has 2 aromatic rings. The molecule has 0 aromatic heterocycles. The molecule has 0 aliphatic heterocycles. The van der Waals surface area contributed by atoms with Gasteiger partial charge in [0.2, 0.25) is 5.91 Å². The lowest BCUT2D eigenvalue weighted by molar-refractivity contribution is -0.113. The number of thioether (sulfide) groups is 1. The zero-order valence-electron chi connectivity index (χ0n) is 13.0. The number of ether oxygens (including phenoxy) is 1. The van der Waals surface area contributed by atoms with Crippen molar-refractivity contribution in [3.63, 3.8) is 0 Å². The molecule has 0 heterocycles. The number of nitrogens with one attached hydrogen (secondary N) is 1. The average molecular weight is 409 g/mol. The highest BCUT2D eigenvalue weighted by Crippen LogP contribution is 2.27. The van der Waals surface area contributed by atoms with Crippen LogP contribution < -0.4 is 15.8 Å². The predicted octanol–water partition coefficient (Wildman–Crippen LogP) is 3.43. The van der Waals surface area contributed by atoms with Crippen molar-refractivity contribution in [2.45, 2.75) is 5.75 Å². The number of rotatable bonds is 7. The molecule has 0 unspecified atom stereocenters. The Morgan fingerprint density at radius 2 is 2.00 bits per heavy atom. The third-order valence-electron chi connectivity index (χ3n) is 3.18. The standard InChI is InChI=1S/C17H17BrN2O3S/c1-23-15-7-6-11(8-13(15)18)9-24-10-16(21)20-14-5-3-2-4-12(14)17(19)22/h2-8H,9-10H2,1H3,(H2,19,22)(H,20,21). The number of benzene rings is 2. The Morgan fingerprint density at radius 1 is 1.25 bits per heavy atom. The molecule has 0 bridgehead atoms. The molecule has 0 aliphatic carbocycles. The van der Waals surface area contributed by atoms with Gasteiger partial charge in [-0.3, -0.25) is 9.59 Å². The monoisotopic (exact) mass is 408 g/mol. The first-order valence-corrected chi connectivity index (χ1v) is 9.05. The van der Waals surface area contributed by atoms with Gasteiger partial charge in [-0.1, -0.05) is 18.2 Å². The van der Waals surface area contributed by atoms with E-state index in [-0.39, 0.29) is 11.7 Å². The Kier molecular flexibility index (Phi) is 6.69. The first-order valence-electron chi connectivity index (χ1n) is 7.10. The van der Waals surface area contributed by atoms with Crippen LogP contribution >= 0.6 is 27.7 Å². The van der Waals surface area contributed by atoms with Crippen LogP contribution in [0.1, 0.15) is 15.9 Å². The Bertz CT molecular complexity index is 752. The number of hydrogen-bond acceptors (Lipinski definition) is 4. The Balaban J connectivity index is 1.88. The fourth-order valence-electron chi connectivity index (χ4n) is 2.05. The second-order valence-corrected chi connectivity index (χ2v) is 6.76. The topological polar surface area (TPSA) is 81.4 Å². The number of para-hydroxylation sites is 1. The van der Waals surface area contributed by atoms with Gasteiger partial charge in [0.25, 0.3) is 5.91 Å². The van der Waals surface area contributed by atoms with E-state index in [4.69, 9.17) is 10.5 Å². The molecule has 2 aromatic carbocycles. The highest BCUT2D eigenvalue weighted by atomic mass is 79.9. The zero-order chi connectivity index (χ0) is 17.5. The van der Waals surface area contributed by atoms with Crippen LogP contribution in [-0.4, -0.2) is 24.7 Å². The number of halogens is 1. The van der Waals surface area contributed by atoms with Gasteiger partial charge in [0.15, 0.2) is 0 Å². The second kappa shape index (κ2) is 8.75. The highest BCUT2D eigenvalue weighted by Gasteiger charge is 2.10. The summed E-state index contributed by atoms with van der Waals surface area (Å²) in [6.07, 6.45) is 0. The van der Waals surface area contributed by atoms with Crippen LogP contribution in [-0.2, 0) is 10.5 Å². The van der Waals surface area contributed by atoms with E-state index < -0.39 is 5.91 Å². The largest absolute Gasteiger partial charge is 0.496 e. The third-order valence-corrected chi connectivity index (χ3v) is 4.81. The summed E-state index contributed by atoms with van der Waals surface area (Å²) >= 11 is 4.92. The lowest BCUT2D eigenvalue weighted by atomic mass is 10.1. The second-order valence-electron chi connectivity index (χ2n) is 4.92. The predicted molar refractivity (Wildman–Crippen MR) is 100 cm³/mol. The highest BCUT2D eigenvalue weighted by molar-refractivity contribution is 9.10. The molecule has 0 fully saturated rings. The summed E-state index contributed by atoms with van der Waals surface area (Å²) in [5, 5.41) is 2.72. The zero-order valence-corrected chi connectivity index (χ0v) is 15.4. The van der Waals surface area contributed by atoms with Gasteiger partial charge in [-0.2, -0.15) is 0 Å². The third kappa shape index (κ3) is 5.01. The minimum Gasteiger partial charge on any atom is -0.496 e. The fraction of sp³-hybridized carbons (Fsp3) is 0.176. The summed E-state index contributed by atoms with van der Waals surface area (Å²) in [4.78, 5) is 23.4. The van der Waals surface area contributed by atoms with Gasteiger partial charge in [-0.25, -0.2) is 0 Å². The van der Waals surface area contributed by atoms with Gasteiger partial charge < -0.3 is 15.8 Å². The van der Waals surface area contributed by atoms with E-state index in [1.165, 1.54) is 11.8 Å². The summed E-state index contributed by atoms with van der Waals surface area (Å²) in [6.45, 7) is 0. The maximum atomic E-state index is 12.0. The van der Waals surface area contributed by atoms with Gasteiger partial charge in [-0.15, -0.1) is 11.8 Å². The van der Waals surface area contributed by atoms with Gasteiger partial charge in [0, 0.05) is 5.75 Å². The summed E-state index contributed by atoms with van der Waals surface area (Å²) in [7, 11) is 1.61. The molecular weight excluding hydrogens is 392 g/mol. The Labute approximate surface area is 153 Å². The van der Waals surface area contributed by atoms with Crippen LogP contribution in [0.4, 0.5) is 5.69 Å². The quantitative estimate of drug-likeness (QED) is 0.734. The van der Waals surface area contributed by atoms with Crippen molar-refractivity contribution in [3.05, 3.63) is 58.1 Å². The van der Waals surface area contributed by atoms with E-state index in [1.807, 2.05) is 18.2 Å². The molecule has 0 atom stereocenters. The molecule has 0 radical (unpaired) electrons. The number of methoxy groups -OCH3 is 1. The molecule has 126 valence electrons. The van der Waals surface area contributed by atoms with Crippen LogP contribution in [0, 0.1) is 0 Å². The Morgan fingerprint density at radius 3 is 2.67 bits per heavy atom. The summed E-state index contributed by atoms with van der Waals surface area (Å²) in [5.41, 5.74) is 7.11. The maximum absolute atomic E-state index is 12.0. The minimum atomic E-state index is -0.568. The number of carbonyl (C=O) groups is 2. The normalized spacial score (nSPS) is 10.2. The molecule has 7 heteroatoms. The van der Waals surface area contributed by atoms with E-state index >= 15 is 0 Å². The van der Waals surface area contributed by atoms with Crippen LogP contribution in [0.2, 0.25) is 0 Å². The molecular formula is C17H17BrN2O3S. The van der Waals surface area contributed by atoms with Crippen molar-refractivity contribution < 1.29 is 14.3 Å². The number of hydrogen-bond donors (Lipinski definition) is 2. The van der Waals surface area contributed by atoms with Gasteiger partial charge >= 0.3 is 0 Å².